The van der Waals surface area contributed by atoms with Gasteiger partial charge in [-0.3, -0.25) is 0 Å². The fourth-order valence-electron chi connectivity index (χ4n) is 9.21. The topological polar surface area (TPSA) is 18.5 Å². The summed E-state index contributed by atoms with van der Waals surface area (Å²) in [5.41, 5.74) is 2.85. The third kappa shape index (κ3) is 5.47. The molecule has 1 atom stereocenters. The van der Waals surface area contributed by atoms with Crippen LogP contribution in [0.5, 0.6) is 23.0 Å². The van der Waals surface area contributed by atoms with Crippen LogP contribution in [-0.4, -0.2) is 24.2 Å². The number of benzene rings is 7. The van der Waals surface area contributed by atoms with Crippen molar-refractivity contribution in [1.82, 2.24) is 0 Å². The van der Waals surface area contributed by atoms with E-state index in [1.807, 2.05) is 42.9 Å². The molecule has 2 heterocycles. The molecule has 2 aliphatic heterocycles. The molecule has 0 N–H and O–H groups in total. The van der Waals surface area contributed by atoms with Crippen LogP contribution in [0.1, 0.15) is 30.4 Å². The molecular weight excluding hydrogens is 717 g/mol. The van der Waals surface area contributed by atoms with E-state index in [-0.39, 0.29) is 5.41 Å². The van der Waals surface area contributed by atoms with Gasteiger partial charge in [0, 0.05) is 9.68 Å². The number of fused-ring (bicyclic) bond motifs is 4. The summed E-state index contributed by atoms with van der Waals surface area (Å²) < 4.78 is 40.7. The third-order valence-corrected chi connectivity index (χ3v) is 23.3. The second kappa shape index (κ2) is 12.9. The predicted molar refractivity (Wildman–Crippen MR) is 241 cm³/mol. The van der Waals surface area contributed by atoms with Gasteiger partial charge in [-0.25, -0.2) is 0 Å². The normalized spacial score (nSPS) is 17.8. The summed E-state index contributed by atoms with van der Waals surface area (Å²) in [5, 5.41) is 9.31. The second-order valence-electron chi connectivity index (χ2n) is 16.8. The SMILES string of the molecule is [2H]C([2H])([2H])[Si]1(C)c2ccccc2Oc2c(-c3ccc([Si](c4ccccc4)(c4ccccc4)c4cccc5c4Oc4ccccc4[Si]5(C)C)cc3C(C)(C)C)cccc21. The molecule has 2 aliphatic rings. The summed E-state index contributed by atoms with van der Waals surface area (Å²) in [6.45, 7) is 11.5. The van der Waals surface area contributed by atoms with Crippen molar-refractivity contribution in [2.75, 3.05) is 0 Å². The summed E-state index contributed by atoms with van der Waals surface area (Å²) in [4.78, 5) is 0. The molecule has 55 heavy (non-hydrogen) atoms. The van der Waals surface area contributed by atoms with Crippen LogP contribution in [-0.2, 0) is 5.41 Å². The van der Waals surface area contributed by atoms with Crippen molar-refractivity contribution in [3.8, 4) is 34.1 Å². The summed E-state index contributed by atoms with van der Waals surface area (Å²) in [6.07, 6.45) is 0. The Bertz CT molecular complexity index is 2670. The molecule has 0 radical (unpaired) electrons. The first-order valence-electron chi connectivity index (χ1n) is 20.8. The van der Waals surface area contributed by atoms with Crippen molar-refractivity contribution >= 4 is 65.7 Å². The molecular formula is C50H48O2Si3. The lowest BCUT2D eigenvalue weighted by Gasteiger charge is -2.40. The number of para-hydroxylation sites is 4. The zero-order valence-electron chi connectivity index (χ0n) is 35.4. The first-order chi connectivity index (χ1) is 27.7. The molecule has 7 aromatic rings. The fraction of sp³-hybridized carbons (Fsp3) is 0.160. The van der Waals surface area contributed by atoms with Crippen LogP contribution in [0.15, 0.2) is 164 Å². The van der Waals surface area contributed by atoms with Crippen LogP contribution < -0.4 is 51.0 Å². The molecule has 5 heteroatoms. The van der Waals surface area contributed by atoms with Crippen LogP contribution in [0.4, 0.5) is 0 Å². The van der Waals surface area contributed by atoms with Crippen LogP contribution in [0, 0.1) is 0 Å². The average Bonchev–Trinajstić information content (AvgIpc) is 3.21. The van der Waals surface area contributed by atoms with Crippen molar-refractivity contribution in [3.05, 3.63) is 169 Å². The van der Waals surface area contributed by atoms with Gasteiger partial charge in [-0.15, -0.1) is 0 Å². The molecule has 1 unspecified atom stereocenters. The zero-order chi connectivity index (χ0) is 40.7. The molecule has 0 amide bonds. The molecule has 0 aliphatic carbocycles. The van der Waals surface area contributed by atoms with Gasteiger partial charge in [0.1, 0.15) is 39.1 Å². The van der Waals surface area contributed by atoms with Crippen LogP contribution in [0.3, 0.4) is 0 Å². The van der Waals surface area contributed by atoms with E-state index in [0.717, 1.165) is 33.0 Å². The highest BCUT2D eigenvalue weighted by Crippen LogP contribution is 2.41. The Morgan fingerprint density at radius 1 is 0.473 bits per heavy atom. The molecule has 0 saturated carbocycles. The summed E-state index contributed by atoms with van der Waals surface area (Å²) in [6, 6.07) is 58.5. The highest BCUT2D eigenvalue weighted by molar-refractivity contribution is 7.20. The number of hydrogen-bond donors (Lipinski definition) is 0. The molecule has 7 aromatic carbocycles. The molecule has 9 rings (SSSR count). The quantitative estimate of drug-likeness (QED) is 0.131. The van der Waals surface area contributed by atoms with Gasteiger partial charge in [0.15, 0.2) is 8.07 Å². The molecule has 0 saturated heterocycles. The molecule has 0 spiro atoms. The average molecular weight is 768 g/mol. The van der Waals surface area contributed by atoms with Crippen molar-refractivity contribution in [1.29, 1.82) is 0 Å². The monoisotopic (exact) mass is 767 g/mol. The van der Waals surface area contributed by atoms with Gasteiger partial charge < -0.3 is 9.47 Å². The van der Waals surface area contributed by atoms with E-state index in [4.69, 9.17) is 13.6 Å². The van der Waals surface area contributed by atoms with E-state index in [1.54, 1.807) is 0 Å². The molecule has 0 bridgehead atoms. The Labute approximate surface area is 333 Å². The Morgan fingerprint density at radius 2 is 0.982 bits per heavy atom. The standard InChI is InChI=1S/C50H48O2Si3/c1-50(2,3)40-34-37(32-33-38(40)39-24-18-29-45-48(39)51-41-25-14-16-27-43(41)53(45,4)5)55(35-20-10-8-11-21-35,36-22-12-9-13-23-36)47-31-19-30-46-49(47)52-42-26-15-17-28-44(42)54(46,6)7/h8-34H,1-7H3/i4D3. The number of ether oxygens (including phenoxy) is 2. The highest BCUT2D eigenvalue weighted by atomic mass is 28.3. The Kier molecular flexibility index (Phi) is 7.55. The lowest BCUT2D eigenvalue weighted by atomic mass is 9.81. The Morgan fingerprint density at radius 3 is 1.58 bits per heavy atom. The maximum Gasteiger partial charge on any atom is 0.183 e. The lowest BCUT2D eigenvalue weighted by molar-refractivity contribution is 0.488. The van der Waals surface area contributed by atoms with Crippen LogP contribution in [0.2, 0.25) is 26.1 Å². The smallest absolute Gasteiger partial charge is 0.183 e. The van der Waals surface area contributed by atoms with Gasteiger partial charge in [-0.05, 0) is 70.2 Å². The van der Waals surface area contributed by atoms with E-state index in [1.165, 1.54) is 36.7 Å². The third-order valence-electron chi connectivity index (χ3n) is 12.0. The summed E-state index contributed by atoms with van der Waals surface area (Å²) in [7, 11) is -8.54. The van der Waals surface area contributed by atoms with E-state index in [0.29, 0.717) is 11.5 Å². The molecule has 0 aromatic heterocycles. The van der Waals surface area contributed by atoms with Gasteiger partial charge in [-0.1, -0.05) is 199 Å². The van der Waals surface area contributed by atoms with Gasteiger partial charge in [-0.2, -0.15) is 0 Å². The zero-order valence-corrected chi connectivity index (χ0v) is 35.4. The lowest BCUT2D eigenvalue weighted by Crippen LogP contribution is -2.76. The maximum atomic E-state index is 8.91. The largest absolute Gasteiger partial charge is 0.458 e. The predicted octanol–water partition coefficient (Wildman–Crippen LogP) is 7.89. The minimum absolute atomic E-state index is 0.292. The van der Waals surface area contributed by atoms with Gasteiger partial charge >= 0.3 is 0 Å². The minimum atomic E-state index is -3.26. The Hall–Kier alpha value is -5.21. The van der Waals surface area contributed by atoms with Gasteiger partial charge in [0.2, 0.25) is 0 Å². The van der Waals surface area contributed by atoms with Crippen molar-refractivity contribution in [2.24, 2.45) is 0 Å². The minimum Gasteiger partial charge on any atom is -0.458 e. The molecule has 0 fully saturated rings. The van der Waals surface area contributed by atoms with E-state index < -0.39 is 30.7 Å². The Balaban J connectivity index is 1.35. The van der Waals surface area contributed by atoms with Crippen molar-refractivity contribution in [2.45, 2.75) is 52.3 Å². The van der Waals surface area contributed by atoms with Crippen molar-refractivity contribution < 1.29 is 13.6 Å². The van der Waals surface area contributed by atoms with Gasteiger partial charge in [0.05, 0.1) is 0 Å². The molecule has 272 valence electrons. The van der Waals surface area contributed by atoms with Gasteiger partial charge in [0.25, 0.3) is 0 Å². The first kappa shape index (κ1) is 32.1. The molecule has 2 nitrogen and oxygen atoms in total. The van der Waals surface area contributed by atoms with Crippen molar-refractivity contribution in [3.63, 3.8) is 0 Å². The number of rotatable bonds is 5. The fourth-order valence-corrected chi connectivity index (χ4v) is 19.5. The van der Waals surface area contributed by atoms with E-state index in [2.05, 4.69) is 161 Å². The van der Waals surface area contributed by atoms with E-state index in [9.17, 15) is 0 Å². The second-order valence-corrected chi connectivity index (χ2v) is 28.2. The number of hydrogen-bond acceptors (Lipinski definition) is 2. The summed E-state index contributed by atoms with van der Waals surface area (Å²) >= 11 is 0. The van der Waals surface area contributed by atoms with Crippen LogP contribution in [0.25, 0.3) is 11.1 Å². The maximum absolute atomic E-state index is 8.91. The highest BCUT2D eigenvalue weighted by Gasteiger charge is 2.48. The first-order valence-corrected chi connectivity index (χ1v) is 26.8. The van der Waals surface area contributed by atoms with E-state index >= 15 is 0 Å². The summed E-state index contributed by atoms with van der Waals surface area (Å²) in [5.74, 6) is 3.26. The van der Waals surface area contributed by atoms with Crippen LogP contribution >= 0.6 is 0 Å².